The fraction of sp³-hybridized carbons (Fsp3) is 0.500. The average Bonchev–Trinajstić information content (AvgIpc) is 3.33. The third kappa shape index (κ3) is 3.06. The SMILES string of the molecule is C=C1N(C)c2cnc(Nc3cn4ncnc4cc3C(F)(F)F)nc2N1C12CC3CC(CC(O)(C3)C1)C2. The van der Waals surface area contributed by atoms with Gasteiger partial charge in [0.1, 0.15) is 17.8 Å². The van der Waals surface area contributed by atoms with Crippen LogP contribution in [-0.2, 0) is 6.18 Å². The lowest BCUT2D eigenvalue weighted by Gasteiger charge is -2.62. The van der Waals surface area contributed by atoms with Gasteiger partial charge in [0.25, 0.3) is 0 Å². The Labute approximate surface area is 204 Å². The molecule has 3 aromatic heterocycles. The van der Waals surface area contributed by atoms with Crippen molar-refractivity contribution in [2.45, 2.75) is 55.8 Å². The van der Waals surface area contributed by atoms with Gasteiger partial charge in [0.2, 0.25) is 5.95 Å². The Kier molecular flexibility index (Phi) is 4.17. The third-order valence-corrected chi connectivity index (χ3v) is 8.41. The summed E-state index contributed by atoms with van der Waals surface area (Å²) < 4.78 is 42.8. The zero-order valence-electron chi connectivity index (χ0n) is 19.6. The van der Waals surface area contributed by atoms with E-state index in [1.807, 2.05) is 11.9 Å². The van der Waals surface area contributed by atoms with E-state index in [2.05, 4.69) is 31.9 Å². The number of halogens is 3. The molecule has 1 aliphatic heterocycles. The van der Waals surface area contributed by atoms with E-state index in [0.717, 1.165) is 49.7 Å². The number of anilines is 4. The van der Waals surface area contributed by atoms with Gasteiger partial charge >= 0.3 is 6.18 Å². The van der Waals surface area contributed by atoms with Crippen LogP contribution in [-0.4, -0.2) is 47.9 Å². The van der Waals surface area contributed by atoms with Crippen LogP contribution >= 0.6 is 0 Å². The summed E-state index contributed by atoms with van der Waals surface area (Å²) >= 11 is 0. The van der Waals surface area contributed by atoms with Gasteiger partial charge in [-0.1, -0.05) is 6.58 Å². The highest BCUT2D eigenvalue weighted by Crippen LogP contribution is 2.62. The first-order valence-corrected chi connectivity index (χ1v) is 12.0. The van der Waals surface area contributed by atoms with E-state index < -0.39 is 17.3 Å². The minimum absolute atomic E-state index is 0.0373. The summed E-state index contributed by atoms with van der Waals surface area (Å²) in [5.74, 6) is 2.27. The number of hydrogen-bond donors (Lipinski definition) is 2. The molecule has 0 radical (unpaired) electrons. The summed E-state index contributed by atoms with van der Waals surface area (Å²) in [6.07, 6.45) is 4.73. The van der Waals surface area contributed by atoms with Gasteiger partial charge in [0.15, 0.2) is 11.5 Å². The summed E-state index contributed by atoms with van der Waals surface area (Å²) in [7, 11) is 1.88. The van der Waals surface area contributed by atoms with E-state index in [-0.39, 0.29) is 22.8 Å². The minimum Gasteiger partial charge on any atom is -0.390 e. The Morgan fingerprint density at radius 3 is 2.61 bits per heavy atom. The normalized spacial score (nSPS) is 31.0. The summed E-state index contributed by atoms with van der Waals surface area (Å²) in [5, 5.41) is 18.0. The van der Waals surface area contributed by atoms with Crippen molar-refractivity contribution in [1.29, 1.82) is 0 Å². The van der Waals surface area contributed by atoms with Crippen LogP contribution < -0.4 is 15.1 Å². The predicted octanol–water partition coefficient (Wildman–Crippen LogP) is 4.09. The topological polar surface area (TPSA) is 94.7 Å². The van der Waals surface area contributed by atoms with Crippen LogP contribution in [0.2, 0.25) is 0 Å². The monoisotopic (exact) mass is 498 g/mol. The van der Waals surface area contributed by atoms with Gasteiger partial charge in [-0.25, -0.2) is 14.5 Å². The molecule has 9 nitrogen and oxygen atoms in total. The molecular formula is C24H25F3N8O. The number of nitrogens with one attached hydrogen (secondary N) is 1. The van der Waals surface area contributed by atoms with Crippen molar-refractivity contribution in [3.63, 3.8) is 0 Å². The van der Waals surface area contributed by atoms with Crippen LogP contribution in [0, 0.1) is 11.8 Å². The smallest absolute Gasteiger partial charge is 0.390 e. The summed E-state index contributed by atoms with van der Waals surface area (Å²) in [6, 6.07) is 0.945. The Balaban J connectivity index is 1.30. The van der Waals surface area contributed by atoms with Crippen LogP contribution in [0.25, 0.3) is 5.65 Å². The van der Waals surface area contributed by atoms with Gasteiger partial charge in [-0.3, -0.25) is 0 Å². The van der Waals surface area contributed by atoms with Gasteiger partial charge < -0.3 is 20.2 Å². The number of aliphatic hydroxyl groups is 1. The molecule has 5 aliphatic rings. The van der Waals surface area contributed by atoms with Crippen LogP contribution in [0.3, 0.4) is 0 Å². The van der Waals surface area contributed by atoms with Gasteiger partial charge in [0, 0.05) is 7.05 Å². The highest BCUT2D eigenvalue weighted by Gasteiger charge is 2.61. The molecule has 188 valence electrons. The van der Waals surface area contributed by atoms with Crippen LogP contribution in [0.1, 0.15) is 44.1 Å². The first-order valence-electron chi connectivity index (χ1n) is 12.0. The Hall–Kier alpha value is -3.41. The number of pyridine rings is 1. The van der Waals surface area contributed by atoms with Gasteiger partial charge in [-0.05, 0) is 56.4 Å². The van der Waals surface area contributed by atoms with Crippen LogP contribution in [0.4, 0.5) is 36.3 Å². The number of nitrogens with zero attached hydrogens (tertiary/aromatic N) is 7. The molecule has 2 unspecified atom stereocenters. The summed E-state index contributed by atoms with van der Waals surface area (Å²) in [4.78, 5) is 16.9. The maximum Gasteiger partial charge on any atom is 0.418 e. The molecule has 4 aliphatic carbocycles. The average molecular weight is 499 g/mol. The molecular weight excluding hydrogens is 473 g/mol. The Morgan fingerprint density at radius 1 is 1.17 bits per heavy atom. The van der Waals surface area contributed by atoms with Crippen LogP contribution in [0.5, 0.6) is 0 Å². The number of alkyl halides is 3. The minimum atomic E-state index is -4.61. The van der Waals surface area contributed by atoms with Crippen molar-refractivity contribution < 1.29 is 18.3 Å². The van der Waals surface area contributed by atoms with E-state index in [9.17, 15) is 18.3 Å². The first kappa shape index (κ1) is 21.8. The Bertz CT molecular complexity index is 1400. The van der Waals surface area contributed by atoms with Gasteiger partial charge in [0.05, 0.1) is 34.8 Å². The molecule has 4 saturated carbocycles. The predicted molar refractivity (Wildman–Crippen MR) is 126 cm³/mol. The summed E-state index contributed by atoms with van der Waals surface area (Å²) in [6.45, 7) is 4.31. The molecule has 4 bridgehead atoms. The van der Waals surface area contributed by atoms with Crippen LogP contribution in [0.15, 0.2) is 37.2 Å². The second kappa shape index (κ2) is 6.87. The maximum absolute atomic E-state index is 13.8. The molecule has 2 atom stereocenters. The number of hydrogen-bond acceptors (Lipinski definition) is 8. The quantitative estimate of drug-likeness (QED) is 0.558. The van der Waals surface area contributed by atoms with Crippen molar-refractivity contribution >= 4 is 28.8 Å². The zero-order valence-corrected chi connectivity index (χ0v) is 19.6. The molecule has 8 rings (SSSR count). The highest BCUT2D eigenvalue weighted by molar-refractivity contribution is 5.81. The van der Waals surface area contributed by atoms with Gasteiger partial charge in [-0.15, -0.1) is 0 Å². The second-order valence-electron chi connectivity index (χ2n) is 10.9. The van der Waals surface area contributed by atoms with E-state index in [1.54, 1.807) is 6.20 Å². The van der Waals surface area contributed by atoms with E-state index in [4.69, 9.17) is 4.98 Å². The number of aromatic nitrogens is 5. The lowest BCUT2D eigenvalue weighted by molar-refractivity contribution is -0.137. The fourth-order valence-electron chi connectivity index (χ4n) is 7.48. The van der Waals surface area contributed by atoms with Crippen molar-refractivity contribution in [3.8, 4) is 0 Å². The lowest BCUT2D eigenvalue weighted by atomic mass is 9.50. The molecule has 4 fully saturated rings. The molecule has 0 aromatic carbocycles. The molecule has 0 spiro atoms. The van der Waals surface area contributed by atoms with Crippen molar-refractivity contribution in [2.75, 3.05) is 22.2 Å². The zero-order chi connectivity index (χ0) is 25.0. The largest absolute Gasteiger partial charge is 0.418 e. The first-order chi connectivity index (χ1) is 17.0. The molecule has 3 aromatic rings. The molecule has 36 heavy (non-hydrogen) atoms. The van der Waals surface area contributed by atoms with Crippen molar-refractivity contribution in [3.05, 3.63) is 42.8 Å². The molecule has 2 N–H and O–H groups in total. The molecule has 4 heterocycles. The lowest BCUT2D eigenvalue weighted by Crippen LogP contribution is -2.65. The van der Waals surface area contributed by atoms with E-state index >= 15 is 0 Å². The second-order valence-corrected chi connectivity index (χ2v) is 10.9. The van der Waals surface area contributed by atoms with Crippen molar-refractivity contribution in [2.24, 2.45) is 11.8 Å². The van der Waals surface area contributed by atoms with E-state index in [0.29, 0.717) is 24.1 Å². The van der Waals surface area contributed by atoms with Crippen molar-refractivity contribution in [1.82, 2.24) is 24.6 Å². The maximum atomic E-state index is 13.8. The fourth-order valence-corrected chi connectivity index (χ4v) is 7.48. The Morgan fingerprint density at radius 2 is 1.92 bits per heavy atom. The standard InChI is InChI=1S/C24H25F3N8O/c1-13-33(2)18-9-28-21(31-17-10-34-19(29-12-30-34)4-16(17)24(25,26)27)32-20(18)35(13)22-5-14-3-15(6-22)8-23(36,7-14)11-22/h4,9-10,12,14-15,36H,1,3,5-8,11H2,2H3,(H,28,31,32). The molecule has 0 amide bonds. The highest BCUT2D eigenvalue weighted by atomic mass is 19.4. The van der Waals surface area contributed by atoms with E-state index in [1.165, 1.54) is 17.0 Å². The third-order valence-electron chi connectivity index (χ3n) is 8.41. The summed E-state index contributed by atoms with van der Waals surface area (Å²) in [5.41, 5.74) is -1.29. The molecule has 12 heteroatoms. The number of rotatable bonds is 3. The number of fused-ring (bicyclic) bond motifs is 2. The molecule has 0 saturated heterocycles. The van der Waals surface area contributed by atoms with Gasteiger partial charge in [-0.2, -0.15) is 23.3 Å².